The van der Waals surface area contributed by atoms with E-state index in [0.29, 0.717) is 12.3 Å². The van der Waals surface area contributed by atoms with Crippen LogP contribution in [0, 0.1) is 9.49 Å². The highest BCUT2D eigenvalue weighted by atomic mass is 127. The van der Waals surface area contributed by atoms with Crippen molar-refractivity contribution in [3.63, 3.8) is 0 Å². The van der Waals surface area contributed by atoms with Crippen LogP contribution < -0.4 is 10.6 Å². The molecule has 92 valence electrons. The number of amides is 1. The third kappa shape index (κ3) is 3.52. The van der Waals surface area contributed by atoms with E-state index in [1.165, 1.54) is 0 Å². The highest BCUT2D eigenvalue weighted by Crippen LogP contribution is 2.22. The number of aromatic nitrogens is 2. The summed E-state index contributed by atoms with van der Waals surface area (Å²) in [6.45, 7) is 1.80. The summed E-state index contributed by atoms with van der Waals surface area (Å²) < 4.78 is 1.04. The second-order valence-corrected chi connectivity index (χ2v) is 5.55. The molecule has 0 bridgehead atoms. The highest BCUT2D eigenvalue weighted by Gasteiger charge is 2.21. The van der Waals surface area contributed by atoms with Gasteiger partial charge in [0.25, 0.3) is 0 Å². The van der Waals surface area contributed by atoms with Gasteiger partial charge in [0.2, 0.25) is 11.9 Å². The normalized spacial score (nSPS) is 17.1. The minimum atomic E-state index is -0.200. The molecule has 0 saturated carbocycles. The second kappa shape index (κ2) is 5.61. The SMILES string of the molecule is NC(=O)CC1CCN(c2ncc(I)cn2)CC1. The van der Waals surface area contributed by atoms with Crippen LogP contribution in [0.1, 0.15) is 19.3 Å². The lowest BCUT2D eigenvalue weighted by Crippen LogP contribution is -2.36. The molecule has 0 aromatic carbocycles. The van der Waals surface area contributed by atoms with Gasteiger partial charge in [0.15, 0.2) is 0 Å². The number of piperidine rings is 1. The molecule has 0 atom stereocenters. The van der Waals surface area contributed by atoms with Gasteiger partial charge in [-0.25, -0.2) is 9.97 Å². The number of nitrogens with two attached hydrogens (primary N) is 1. The first-order valence-corrected chi connectivity index (χ1v) is 6.74. The summed E-state index contributed by atoms with van der Waals surface area (Å²) in [7, 11) is 0. The highest BCUT2D eigenvalue weighted by molar-refractivity contribution is 14.1. The number of halogens is 1. The van der Waals surface area contributed by atoms with Crippen molar-refractivity contribution < 1.29 is 4.79 Å². The smallest absolute Gasteiger partial charge is 0.225 e. The molecule has 6 heteroatoms. The zero-order valence-electron chi connectivity index (χ0n) is 9.47. The zero-order chi connectivity index (χ0) is 12.3. The molecule has 1 aliphatic rings. The standard InChI is InChI=1S/C11H15IN4O/c12-9-6-14-11(15-7-9)16-3-1-8(2-4-16)5-10(13)17/h6-8H,1-5H2,(H2,13,17). The number of anilines is 1. The third-order valence-electron chi connectivity index (χ3n) is 2.99. The van der Waals surface area contributed by atoms with E-state index in [1.807, 2.05) is 12.4 Å². The van der Waals surface area contributed by atoms with E-state index in [2.05, 4.69) is 37.5 Å². The van der Waals surface area contributed by atoms with E-state index in [1.54, 1.807) is 0 Å². The molecule has 0 unspecified atom stereocenters. The van der Waals surface area contributed by atoms with Crippen molar-refractivity contribution in [2.24, 2.45) is 11.7 Å². The van der Waals surface area contributed by atoms with Crippen LogP contribution >= 0.6 is 22.6 Å². The third-order valence-corrected chi connectivity index (χ3v) is 3.55. The van der Waals surface area contributed by atoms with Gasteiger partial charge in [0.05, 0.1) is 0 Å². The van der Waals surface area contributed by atoms with Crippen molar-refractivity contribution in [2.45, 2.75) is 19.3 Å². The van der Waals surface area contributed by atoms with Crippen LogP contribution in [0.4, 0.5) is 5.95 Å². The van der Waals surface area contributed by atoms with Crippen LogP contribution in [-0.4, -0.2) is 29.0 Å². The topological polar surface area (TPSA) is 72.1 Å². The fourth-order valence-electron chi connectivity index (χ4n) is 2.09. The fraction of sp³-hybridized carbons (Fsp3) is 0.545. The maximum absolute atomic E-state index is 10.8. The van der Waals surface area contributed by atoms with Crippen LogP contribution in [0.25, 0.3) is 0 Å². The lowest BCUT2D eigenvalue weighted by atomic mass is 9.93. The van der Waals surface area contributed by atoms with Crippen molar-refractivity contribution in [1.29, 1.82) is 0 Å². The Bertz CT molecular complexity index is 387. The molecule has 17 heavy (non-hydrogen) atoms. The van der Waals surface area contributed by atoms with Crippen LogP contribution in [0.2, 0.25) is 0 Å². The molecule has 0 spiro atoms. The van der Waals surface area contributed by atoms with Gasteiger partial charge in [-0.3, -0.25) is 4.79 Å². The molecule has 1 amide bonds. The number of nitrogens with zero attached hydrogens (tertiary/aromatic N) is 3. The average Bonchev–Trinajstić information content (AvgIpc) is 2.30. The van der Waals surface area contributed by atoms with Gasteiger partial charge in [-0.2, -0.15) is 0 Å². The predicted molar refractivity (Wildman–Crippen MR) is 73.5 cm³/mol. The largest absolute Gasteiger partial charge is 0.370 e. The van der Waals surface area contributed by atoms with Crippen LogP contribution in [-0.2, 0) is 4.79 Å². The first-order valence-electron chi connectivity index (χ1n) is 5.66. The average molecular weight is 346 g/mol. The van der Waals surface area contributed by atoms with Gasteiger partial charge >= 0.3 is 0 Å². The van der Waals surface area contributed by atoms with Crippen molar-refractivity contribution in [2.75, 3.05) is 18.0 Å². The quantitative estimate of drug-likeness (QED) is 0.834. The summed E-state index contributed by atoms with van der Waals surface area (Å²) >= 11 is 2.19. The summed E-state index contributed by atoms with van der Waals surface area (Å²) in [4.78, 5) is 21.6. The van der Waals surface area contributed by atoms with Crippen LogP contribution in [0.3, 0.4) is 0 Å². The Morgan fingerprint density at radius 3 is 2.53 bits per heavy atom. The van der Waals surface area contributed by atoms with Gasteiger partial charge in [-0.15, -0.1) is 0 Å². The Morgan fingerprint density at radius 1 is 1.41 bits per heavy atom. The van der Waals surface area contributed by atoms with Gasteiger partial charge < -0.3 is 10.6 Å². The number of primary amides is 1. The summed E-state index contributed by atoms with van der Waals surface area (Å²) in [5.41, 5.74) is 5.21. The molecule has 0 aliphatic carbocycles. The maximum Gasteiger partial charge on any atom is 0.225 e. The molecular formula is C11H15IN4O. The predicted octanol–water partition coefficient (Wildman–Crippen LogP) is 1.17. The minimum Gasteiger partial charge on any atom is -0.370 e. The lowest BCUT2D eigenvalue weighted by molar-refractivity contribution is -0.119. The summed E-state index contributed by atoms with van der Waals surface area (Å²) in [6.07, 6.45) is 6.11. The second-order valence-electron chi connectivity index (χ2n) is 4.30. The van der Waals surface area contributed by atoms with E-state index >= 15 is 0 Å². The van der Waals surface area contributed by atoms with Crippen LogP contribution in [0.15, 0.2) is 12.4 Å². The molecule has 2 heterocycles. The Morgan fingerprint density at radius 2 is 2.00 bits per heavy atom. The number of hydrogen-bond donors (Lipinski definition) is 1. The number of carbonyl (C=O) groups is 1. The molecule has 2 rings (SSSR count). The van der Waals surface area contributed by atoms with Gasteiger partial charge in [0, 0.05) is 35.5 Å². The Balaban J connectivity index is 1.90. The first-order chi connectivity index (χ1) is 8.15. The Hall–Kier alpha value is -0.920. The maximum atomic E-state index is 10.8. The molecule has 1 fully saturated rings. The lowest BCUT2D eigenvalue weighted by Gasteiger charge is -2.31. The Labute approximate surface area is 114 Å². The summed E-state index contributed by atoms with van der Waals surface area (Å²) in [6, 6.07) is 0. The van der Waals surface area contributed by atoms with Crippen molar-refractivity contribution in [3.05, 3.63) is 16.0 Å². The van der Waals surface area contributed by atoms with Gasteiger partial charge in [-0.1, -0.05) is 0 Å². The molecule has 1 aromatic heterocycles. The molecule has 0 radical (unpaired) electrons. The molecule has 1 aliphatic heterocycles. The first kappa shape index (κ1) is 12.5. The number of rotatable bonds is 3. The number of hydrogen-bond acceptors (Lipinski definition) is 4. The van der Waals surface area contributed by atoms with Crippen molar-refractivity contribution in [1.82, 2.24) is 9.97 Å². The van der Waals surface area contributed by atoms with E-state index in [0.717, 1.165) is 35.4 Å². The van der Waals surface area contributed by atoms with Crippen molar-refractivity contribution >= 4 is 34.4 Å². The minimum absolute atomic E-state index is 0.200. The van der Waals surface area contributed by atoms with E-state index in [-0.39, 0.29) is 5.91 Å². The molecular weight excluding hydrogens is 331 g/mol. The van der Waals surface area contributed by atoms with Crippen molar-refractivity contribution in [3.8, 4) is 0 Å². The zero-order valence-corrected chi connectivity index (χ0v) is 11.6. The van der Waals surface area contributed by atoms with Gasteiger partial charge in [0.1, 0.15) is 0 Å². The monoisotopic (exact) mass is 346 g/mol. The molecule has 2 N–H and O–H groups in total. The van der Waals surface area contributed by atoms with E-state index in [9.17, 15) is 4.79 Å². The number of carbonyl (C=O) groups excluding carboxylic acids is 1. The molecule has 1 aromatic rings. The Kier molecular flexibility index (Phi) is 4.14. The molecule has 1 saturated heterocycles. The van der Waals surface area contributed by atoms with E-state index in [4.69, 9.17) is 5.73 Å². The van der Waals surface area contributed by atoms with Gasteiger partial charge in [-0.05, 0) is 41.4 Å². The van der Waals surface area contributed by atoms with E-state index < -0.39 is 0 Å². The van der Waals surface area contributed by atoms with Crippen LogP contribution in [0.5, 0.6) is 0 Å². The summed E-state index contributed by atoms with van der Waals surface area (Å²) in [5, 5.41) is 0. The fourth-order valence-corrected chi connectivity index (χ4v) is 2.37. The molecule has 5 nitrogen and oxygen atoms in total. The summed E-state index contributed by atoms with van der Waals surface area (Å²) in [5.74, 6) is 1.00.